The molecule has 2 atom stereocenters. The number of fused-ring (bicyclic) bond motifs is 1. The molecule has 2 aromatic rings. The summed E-state index contributed by atoms with van der Waals surface area (Å²) in [6.07, 6.45) is 1.90. The van der Waals surface area contributed by atoms with Crippen LogP contribution in [0.5, 0.6) is 0 Å². The van der Waals surface area contributed by atoms with Crippen molar-refractivity contribution in [3.05, 3.63) is 30.5 Å². The standard InChI is InChI=1S/C14H17N3O/c1-9-7-15-8-12(9)14(18)17-11-2-3-13-10(6-11)4-5-16-13/h2-6,9,12,15-16H,7-8H2,1H3,(H,17,18). The van der Waals surface area contributed by atoms with Gasteiger partial charge in [-0.05, 0) is 36.7 Å². The van der Waals surface area contributed by atoms with E-state index in [4.69, 9.17) is 0 Å². The summed E-state index contributed by atoms with van der Waals surface area (Å²) >= 11 is 0. The Kier molecular flexibility index (Phi) is 2.80. The molecule has 0 radical (unpaired) electrons. The molecule has 0 aliphatic carbocycles. The fourth-order valence-corrected chi connectivity index (χ4v) is 2.53. The largest absolute Gasteiger partial charge is 0.361 e. The van der Waals surface area contributed by atoms with Crippen LogP contribution < -0.4 is 10.6 Å². The van der Waals surface area contributed by atoms with Crippen molar-refractivity contribution in [3.63, 3.8) is 0 Å². The molecule has 1 saturated heterocycles. The van der Waals surface area contributed by atoms with E-state index in [0.717, 1.165) is 29.7 Å². The molecule has 3 N–H and O–H groups in total. The first-order chi connectivity index (χ1) is 8.74. The number of carbonyl (C=O) groups excluding carboxylic acids is 1. The van der Waals surface area contributed by atoms with Crippen molar-refractivity contribution in [2.24, 2.45) is 11.8 Å². The van der Waals surface area contributed by atoms with Crippen LogP contribution >= 0.6 is 0 Å². The number of carbonyl (C=O) groups is 1. The lowest BCUT2D eigenvalue weighted by molar-refractivity contribution is -0.120. The van der Waals surface area contributed by atoms with Gasteiger partial charge >= 0.3 is 0 Å². The Morgan fingerprint density at radius 2 is 2.22 bits per heavy atom. The lowest BCUT2D eigenvalue weighted by Crippen LogP contribution is -2.27. The number of amides is 1. The molecule has 1 aliphatic rings. The third kappa shape index (κ3) is 1.99. The Bertz CT molecular complexity index is 575. The second-order valence-electron chi connectivity index (χ2n) is 5.01. The minimum Gasteiger partial charge on any atom is -0.361 e. The lowest BCUT2D eigenvalue weighted by Gasteiger charge is -2.14. The van der Waals surface area contributed by atoms with Gasteiger partial charge in [0.25, 0.3) is 0 Å². The van der Waals surface area contributed by atoms with Gasteiger partial charge < -0.3 is 15.6 Å². The van der Waals surface area contributed by atoms with Crippen LogP contribution in [0, 0.1) is 11.8 Å². The SMILES string of the molecule is CC1CNCC1C(=O)Nc1ccc2[nH]ccc2c1. The van der Waals surface area contributed by atoms with Gasteiger partial charge in [0.05, 0.1) is 5.92 Å². The number of H-pyrrole nitrogens is 1. The van der Waals surface area contributed by atoms with E-state index in [9.17, 15) is 4.79 Å². The molecule has 4 nitrogen and oxygen atoms in total. The summed E-state index contributed by atoms with van der Waals surface area (Å²) in [4.78, 5) is 15.3. The highest BCUT2D eigenvalue weighted by molar-refractivity contribution is 5.95. The van der Waals surface area contributed by atoms with Crippen molar-refractivity contribution in [2.75, 3.05) is 18.4 Å². The Hall–Kier alpha value is -1.81. The van der Waals surface area contributed by atoms with Gasteiger partial charge in [-0.25, -0.2) is 0 Å². The third-order valence-corrected chi connectivity index (χ3v) is 3.68. The maximum atomic E-state index is 12.1. The molecule has 18 heavy (non-hydrogen) atoms. The topological polar surface area (TPSA) is 56.9 Å². The van der Waals surface area contributed by atoms with Gasteiger partial charge in [-0.2, -0.15) is 0 Å². The highest BCUT2D eigenvalue weighted by Gasteiger charge is 2.29. The van der Waals surface area contributed by atoms with Gasteiger partial charge in [0, 0.05) is 29.3 Å². The molecule has 1 aromatic heterocycles. The van der Waals surface area contributed by atoms with E-state index in [1.54, 1.807) is 0 Å². The van der Waals surface area contributed by atoms with Crippen LogP contribution in [0.1, 0.15) is 6.92 Å². The zero-order valence-electron chi connectivity index (χ0n) is 10.4. The quantitative estimate of drug-likeness (QED) is 0.755. The van der Waals surface area contributed by atoms with Gasteiger partial charge in [0.1, 0.15) is 0 Å². The van der Waals surface area contributed by atoms with Gasteiger partial charge in [-0.1, -0.05) is 6.92 Å². The average Bonchev–Trinajstić information content (AvgIpc) is 2.96. The third-order valence-electron chi connectivity index (χ3n) is 3.68. The Morgan fingerprint density at radius 3 is 3.00 bits per heavy atom. The minimum atomic E-state index is 0.0759. The van der Waals surface area contributed by atoms with Crippen molar-refractivity contribution in [3.8, 4) is 0 Å². The maximum absolute atomic E-state index is 12.1. The summed E-state index contributed by atoms with van der Waals surface area (Å²) in [7, 11) is 0. The number of hydrogen-bond acceptors (Lipinski definition) is 2. The van der Waals surface area contributed by atoms with Crippen molar-refractivity contribution in [1.29, 1.82) is 0 Å². The second kappa shape index (κ2) is 4.46. The van der Waals surface area contributed by atoms with Gasteiger partial charge in [0.2, 0.25) is 5.91 Å². The molecule has 4 heteroatoms. The van der Waals surface area contributed by atoms with E-state index in [2.05, 4.69) is 22.5 Å². The first-order valence-electron chi connectivity index (χ1n) is 6.33. The summed E-state index contributed by atoms with van der Waals surface area (Å²) in [5.41, 5.74) is 1.95. The molecule has 3 rings (SSSR count). The molecule has 0 bridgehead atoms. The molecular formula is C14H17N3O. The van der Waals surface area contributed by atoms with Crippen LogP contribution in [0.4, 0.5) is 5.69 Å². The van der Waals surface area contributed by atoms with E-state index in [0.29, 0.717) is 5.92 Å². The number of anilines is 1. The molecule has 94 valence electrons. The Balaban J connectivity index is 1.77. The van der Waals surface area contributed by atoms with Crippen LogP contribution in [0.2, 0.25) is 0 Å². The van der Waals surface area contributed by atoms with Gasteiger partial charge in [-0.3, -0.25) is 4.79 Å². The summed E-state index contributed by atoms with van der Waals surface area (Å²) in [5, 5.41) is 7.37. The fraction of sp³-hybridized carbons (Fsp3) is 0.357. The number of nitrogens with one attached hydrogen (secondary N) is 3. The number of hydrogen-bond donors (Lipinski definition) is 3. The van der Waals surface area contributed by atoms with E-state index in [1.165, 1.54) is 0 Å². The number of benzene rings is 1. The predicted molar refractivity (Wildman–Crippen MR) is 72.5 cm³/mol. The highest BCUT2D eigenvalue weighted by atomic mass is 16.1. The number of rotatable bonds is 2. The number of aromatic amines is 1. The molecule has 1 aliphatic heterocycles. The molecule has 1 fully saturated rings. The van der Waals surface area contributed by atoms with Crippen LogP contribution in [-0.4, -0.2) is 24.0 Å². The van der Waals surface area contributed by atoms with Crippen LogP contribution in [-0.2, 0) is 4.79 Å². The fourth-order valence-electron chi connectivity index (χ4n) is 2.53. The summed E-state index contributed by atoms with van der Waals surface area (Å²) in [6.45, 7) is 3.81. The molecule has 2 heterocycles. The molecule has 2 unspecified atom stereocenters. The monoisotopic (exact) mass is 243 g/mol. The molecule has 1 amide bonds. The van der Waals surface area contributed by atoms with Gasteiger partial charge in [0.15, 0.2) is 0 Å². The molecule has 1 aromatic carbocycles. The highest BCUT2D eigenvalue weighted by Crippen LogP contribution is 2.21. The zero-order valence-corrected chi connectivity index (χ0v) is 10.4. The maximum Gasteiger partial charge on any atom is 0.229 e. The second-order valence-corrected chi connectivity index (χ2v) is 5.01. The molecule has 0 saturated carbocycles. The smallest absolute Gasteiger partial charge is 0.229 e. The average molecular weight is 243 g/mol. The lowest BCUT2D eigenvalue weighted by atomic mass is 9.97. The normalized spacial score (nSPS) is 23.4. The number of aromatic nitrogens is 1. The van der Waals surface area contributed by atoms with Crippen LogP contribution in [0.3, 0.4) is 0 Å². The van der Waals surface area contributed by atoms with E-state index in [-0.39, 0.29) is 11.8 Å². The van der Waals surface area contributed by atoms with Gasteiger partial charge in [-0.15, -0.1) is 0 Å². The summed E-state index contributed by atoms with van der Waals surface area (Å²) in [6, 6.07) is 7.92. The predicted octanol–water partition coefficient (Wildman–Crippen LogP) is 1.96. The molecule has 0 spiro atoms. The first kappa shape index (κ1) is 11.3. The van der Waals surface area contributed by atoms with Crippen molar-refractivity contribution in [1.82, 2.24) is 10.3 Å². The first-order valence-corrected chi connectivity index (χ1v) is 6.33. The van der Waals surface area contributed by atoms with Crippen molar-refractivity contribution >= 4 is 22.5 Å². The zero-order chi connectivity index (χ0) is 12.5. The molecular weight excluding hydrogens is 226 g/mol. The van der Waals surface area contributed by atoms with Crippen molar-refractivity contribution < 1.29 is 4.79 Å². The van der Waals surface area contributed by atoms with E-state index in [1.807, 2.05) is 30.5 Å². The summed E-state index contributed by atoms with van der Waals surface area (Å²) < 4.78 is 0. The van der Waals surface area contributed by atoms with E-state index >= 15 is 0 Å². The Labute approximate surface area is 106 Å². The minimum absolute atomic E-state index is 0.0759. The van der Waals surface area contributed by atoms with E-state index < -0.39 is 0 Å². The van der Waals surface area contributed by atoms with Crippen molar-refractivity contribution in [2.45, 2.75) is 6.92 Å². The van der Waals surface area contributed by atoms with Crippen LogP contribution in [0.15, 0.2) is 30.5 Å². The summed E-state index contributed by atoms with van der Waals surface area (Å²) in [5.74, 6) is 0.593. The van der Waals surface area contributed by atoms with Crippen LogP contribution in [0.25, 0.3) is 10.9 Å². The Morgan fingerprint density at radius 1 is 1.33 bits per heavy atom.